The summed E-state index contributed by atoms with van der Waals surface area (Å²) < 4.78 is 10.7. The zero-order valence-corrected chi connectivity index (χ0v) is 18.0. The van der Waals surface area contributed by atoms with Crippen molar-refractivity contribution in [3.05, 3.63) is 48.0 Å². The van der Waals surface area contributed by atoms with Crippen molar-refractivity contribution < 1.29 is 19.1 Å². The second-order valence-electron chi connectivity index (χ2n) is 7.80. The minimum atomic E-state index is -0.535. The summed E-state index contributed by atoms with van der Waals surface area (Å²) in [6.07, 6.45) is 2.42. The number of amides is 1. The Morgan fingerprint density at radius 3 is 2.58 bits per heavy atom. The number of rotatable bonds is 5. The van der Waals surface area contributed by atoms with Crippen LogP contribution >= 0.6 is 0 Å². The van der Waals surface area contributed by atoms with E-state index in [1.165, 1.54) is 0 Å². The molecule has 7 heteroatoms. The standard InChI is InChI=1S/C24H29N3O4/c1-2-31-24(29)21-10-6-7-13-27(21)23(28)19-11-12-20(18-8-4-3-5-9-18)25-22(19)26-14-16-30-17-15-26/h3-5,8-9,11-12,21H,2,6-7,10,13-17H2,1H3/t21-/m1/s1. The number of benzene rings is 1. The maximum Gasteiger partial charge on any atom is 0.328 e. The highest BCUT2D eigenvalue weighted by Gasteiger charge is 2.35. The summed E-state index contributed by atoms with van der Waals surface area (Å²) in [4.78, 5) is 34.8. The highest BCUT2D eigenvalue weighted by Crippen LogP contribution is 2.28. The van der Waals surface area contributed by atoms with Gasteiger partial charge in [-0.15, -0.1) is 0 Å². The van der Waals surface area contributed by atoms with Gasteiger partial charge in [-0.3, -0.25) is 4.79 Å². The molecule has 3 heterocycles. The van der Waals surface area contributed by atoms with Crippen molar-refractivity contribution in [1.29, 1.82) is 0 Å². The van der Waals surface area contributed by atoms with Crippen LogP contribution < -0.4 is 4.90 Å². The highest BCUT2D eigenvalue weighted by molar-refractivity contribution is 6.01. The number of ether oxygens (including phenoxy) is 2. The third-order valence-electron chi connectivity index (χ3n) is 5.81. The van der Waals surface area contributed by atoms with E-state index in [2.05, 4.69) is 4.90 Å². The van der Waals surface area contributed by atoms with Crippen molar-refractivity contribution in [2.75, 3.05) is 44.4 Å². The lowest BCUT2D eigenvalue weighted by Gasteiger charge is -2.35. The average molecular weight is 424 g/mol. The summed E-state index contributed by atoms with van der Waals surface area (Å²) in [6.45, 7) is 5.18. The van der Waals surface area contributed by atoms with Gasteiger partial charge in [-0.05, 0) is 38.3 Å². The molecule has 1 aromatic heterocycles. The van der Waals surface area contributed by atoms with E-state index in [0.29, 0.717) is 57.3 Å². The van der Waals surface area contributed by atoms with Gasteiger partial charge in [0.15, 0.2) is 0 Å². The molecule has 0 radical (unpaired) electrons. The summed E-state index contributed by atoms with van der Waals surface area (Å²) in [6, 6.07) is 13.1. The van der Waals surface area contributed by atoms with Crippen LogP contribution in [0.3, 0.4) is 0 Å². The number of morpholine rings is 1. The number of aromatic nitrogens is 1. The molecule has 31 heavy (non-hydrogen) atoms. The second kappa shape index (κ2) is 9.92. The molecule has 0 saturated carbocycles. The Morgan fingerprint density at radius 1 is 1.06 bits per heavy atom. The first kappa shape index (κ1) is 21.3. The lowest BCUT2D eigenvalue weighted by Crippen LogP contribution is -2.49. The van der Waals surface area contributed by atoms with E-state index in [1.807, 2.05) is 42.5 Å². The van der Waals surface area contributed by atoms with Crippen LogP contribution in [0.2, 0.25) is 0 Å². The van der Waals surface area contributed by atoms with Crippen LogP contribution in [0.1, 0.15) is 36.5 Å². The molecule has 164 valence electrons. The Bertz CT molecular complexity index is 912. The van der Waals surface area contributed by atoms with Gasteiger partial charge in [0.1, 0.15) is 11.9 Å². The fraction of sp³-hybridized carbons (Fsp3) is 0.458. The SMILES string of the molecule is CCOC(=O)[C@H]1CCCCN1C(=O)c1ccc(-c2ccccc2)nc1N1CCOCC1. The average Bonchev–Trinajstić information content (AvgIpc) is 2.84. The van der Waals surface area contributed by atoms with Crippen LogP contribution in [0.25, 0.3) is 11.3 Å². The fourth-order valence-corrected chi connectivity index (χ4v) is 4.21. The Kier molecular flexibility index (Phi) is 6.82. The lowest BCUT2D eigenvalue weighted by atomic mass is 10.0. The third-order valence-corrected chi connectivity index (χ3v) is 5.81. The first-order valence-electron chi connectivity index (χ1n) is 11.1. The molecule has 2 aliphatic rings. The van der Waals surface area contributed by atoms with E-state index in [4.69, 9.17) is 14.5 Å². The Morgan fingerprint density at radius 2 is 1.84 bits per heavy atom. The molecule has 0 aliphatic carbocycles. The first-order valence-corrected chi connectivity index (χ1v) is 11.1. The summed E-state index contributed by atoms with van der Waals surface area (Å²) in [5, 5.41) is 0. The van der Waals surface area contributed by atoms with Crippen molar-refractivity contribution in [2.45, 2.75) is 32.2 Å². The number of nitrogens with zero attached hydrogens (tertiary/aromatic N) is 3. The van der Waals surface area contributed by atoms with Crippen LogP contribution in [-0.4, -0.2) is 67.3 Å². The molecule has 2 fully saturated rings. The van der Waals surface area contributed by atoms with Gasteiger partial charge in [0, 0.05) is 25.2 Å². The number of piperidine rings is 1. The molecule has 0 bridgehead atoms. The van der Waals surface area contributed by atoms with E-state index in [-0.39, 0.29) is 11.9 Å². The molecule has 2 aliphatic heterocycles. The lowest BCUT2D eigenvalue weighted by molar-refractivity contribution is -0.149. The minimum absolute atomic E-state index is 0.161. The predicted molar refractivity (Wildman–Crippen MR) is 118 cm³/mol. The van der Waals surface area contributed by atoms with Crippen molar-refractivity contribution in [1.82, 2.24) is 9.88 Å². The third kappa shape index (κ3) is 4.71. The van der Waals surface area contributed by atoms with Gasteiger partial charge in [-0.25, -0.2) is 9.78 Å². The molecule has 2 saturated heterocycles. The molecule has 1 aromatic carbocycles. The normalized spacial score (nSPS) is 19.2. The number of hydrogen-bond donors (Lipinski definition) is 0. The van der Waals surface area contributed by atoms with E-state index in [0.717, 1.165) is 24.1 Å². The Labute approximate surface area is 183 Å². The fourth-order valence-electron chi connectivity index (χ4n) is 4.21. The van der Waals surface area contributed by atoms with Crippen molar-refractivity contribution in [3.63, 3.8) is 0 Å². The molecule has 0 N–H and O–H groups in total. The van der Waals surface area contributed by atoms with Crippen molar-refractivity contribution in [2.24, 2.45) is 0 Å². The van der Waals surface area contributed by atoms with Crippen LogP contribution in [0.5, 0.6) is 0 Å². The molecular formula is C24H29N3O4. The summed E-state index contributed by atoms with van der Waals surface area (Å²) in [7, 11) is 0. The van der Waals surface area contributed by atoms with Crippen LogP contribution in [-0.2, 0) is 14.3 Å². The van der Waals surface area contributed by atoms with E-state index in [9.17, 15) is 9.59 Å². The van der Waals surface area contributed by atoms with Gasteiger partial charge >= 0.3 is 5.97 Å². The Hall–Kier alpha value is -2.93. The Balaban J connectivity index is 1.70. The number of pyridine rings is 1. The molecule has 1 atom stereocenters. The number of hydrogen-bond acceptors (Lipinski definition) is 6. The largest absolute Gasteiger partial charge is 0.464 e. The van der Waals surface area contributed by atoms with Crippen molar-refractivity contribution in [3.8, 4) is 11.3 Å². The van der Waals surface area contributed by atoms with Crippen LogP contribution in [0, 0.1) is 0 Å². The predicted octanol–water partition coefficient (Wildman–Crippen LogP) is 3.14. The summed E-state index contributed by atoms with van der Waals surface area (Å²) in [5.41, 5.74) is 2.34. The maximum absolute atomic E-state index is 13.7. The number of esters is 1. The molecule has 2 aromatic rings. The van der Waals surface area contributed by atoms with E-state index in [1.54, 1.807) is 11.8 Å². The molecule has 1 amide bonds. The smallest absolute Gasteiger partial charge is 0.328 e. The molecule has 7 nitrogen and oxygen atoms in total. The first-order chi connectivity index (χ1) is 15.2. The van der Waals surface area contributed by atoms with Crippen LogP contribution in [0.15, 0.2) is 42.5 Å². The summed E-state index contributed by atoms with van der Waals surface area (Å²) >= 11 is 0. The number of carbonyl (C=O) groups is 2. The van der Waals surface area contributed by atoms with Gasteiger partial charge < -0.3 is 19.3 Å². The summed E-state index contributed by atoms with van der Waals surface area (Å²) in [5.74, 6) is 0.173. The topological polar surface area (TPSA) is 72.0 Å². The number of likely N-dealkylation sites (tertiary alicyclic amines) is 1. The second-order valence-corrected chi connectivity index (χ2v) is 7.80. The van der Waals surface area contributed by atoms with Gasteiger partial charge in [0.2, 0.25) is 0 Å². The number of carbonyl (C=O) groups excluding carboxylic acids is 2. The van der Waals surface area contributed by atoms with Gasteiger partial charge in [0.05, 0.1) is 31.1 Å². The van der Waals surface area contributed by atoms with Crippen LogP contribution in [0.4, 0.5) is 5.82 Å². The van der Waals surface area contributed by atoms with Gasteiger partial charge in [0.25, 0.3) is 5.91 Å². The monoisotopic (exact) mass is 423 g/mol. The highest BCUT2D eigenvalue weighted by atomic mass is 16.5. The quantitative estimate of drug-likeness (QED) is 0.688. The molecule has 0 unspecified atom stereocenters. The van der Waals surface area contributed by atoms with Gasteiger partial charge in [-0.2, -0.15) is 0 Å². The molecular weight excluding hydrogens is 394 g/mol. The van der Waals surface area contributed by atoms with Crippen molar-refractivity contribution >= 4 is 17.7 Å². The zero-order chi connectivity index (χ0) is 21.6. The number of anilines is 1. The zero-order valence-electron chi connectivity index (χ0n) is 18.0. The maximum atomic E-state index is 13.7. The molecule has 4 rings (SSSR count). The van der Waals surface area contributed by atoms with E-state index >= 15 is 0 Å². The molecule has 0 spiro atoms. The minimum Gasteiger partial charge on any atom is -0.464 e. The van der Waals surface area contributed by atoms with Gasteiger partial charge in [-0.1, -0.05) is 30.3 Å². The van der Waals surface area contributed by atoms with E-state index < -0.39 is 6.04 Å².